The van der Waals surface area contributed by atoms with Gasteiger partial charge in [-0.1, -0.05) is 30.4 Å². The number of benzene rings is 1. The Balaban J connectivity index is 1.86. The van der Waals surface area contributed by atoms with Gasteiger partial charge in [-0.05, 0) is 25.1 Å². The molecule has 3 rings (SSSR count). The average Bonchev–Trinajstić information content (AvgIpc) is 2.66. The highest BCUT2D eigenvalue weighted by Gasteiger charge is 2.31. The number of amides is 1. The van der Waals surface area contributed by atoms with E-state index in [9.17, 15) is 14.7 Å². The molecule has 0 atom stereocenters. The third-order valence-corrected chi connectivity index (χ3v) is 4.42. The van der Waals surface area contributed by atoms with Crippen molar-refractivity contribution in [2.45, 2.75) is 13.5 Å². The highest BCUT2D eigenvalue weighted by atomic mass is 32.1. The molecule has 1 amide bonds. The van der Waals surface area contributed by atoms with Crippen LogP contribution in [0.15, 0.2) is 53.9 Å². The second kappa shape index (κ2) is 8.57. The molecule has 1 aromatic carbocycles. The number of Topliss-reactive ketones (excluding diaryl/α,β-unsaturated/α-hetero) is 1. The number of para-hydroxylation sites is 1. The molecule has 0 aliphatic carbocycles. The SMILES string of the molecule is Cc1nccc(CNC2=C(C(=S)Nc3ccccc3)C(=O)CN(C(=O)O)C2)n1. The van der Waals surface area contributed by atoms with Gasteiger partial charge in [-0.15, -0.1) is 0 Å². The van der Waals surface area contributed by atoms with Crippen molar-refractivity contribution < 1.29 is 14.7 Å². The first-order valence-corrected chi connectivity index (χ1v) is 8.98. The minimum Gasteiger partial charge on any atom is -0.465 e. The summed E-state index contributed by atoms with van der Waals surface area (Å²) in [5, 5.41) is 15.5. The van der Waals surface area contributed by atoms with Crippen LogP contribution in [0.1, 0.15) is 11.5 Å². The van der Waals surface area contributed by atoms with Crippen LogP contribution in [0, 0.1) is 6.92 Å². The molecule has 144 valence electrons. The molecule has 1 aliphatic heterocycles. The van der Waals surface area contributed by atoms with E-state index >= 15 is 0 Å². The molecular formula is C19H19N5O3S. The minimum atomic E-state index is -1.16. The Morgan fingerprint density at radius 3 is 2.68 bits per heavy atom. The number of nitrogens with one attached hydrogen (secondary N) is 2. The first-order valence-electron chi connectivity index (χ1n) is 8.57. The topological polar surface area (TPSA) is 107 Å². The highest BCUT2D eigenvalue weighted by Crippen LogP contribution is 2.18. The van der Waals surface area contributed by atoms with Crippen LogP contribution < -0.4 is 10.6 Å². The fourth-order valence-electron chi connectivity index (χ4n) is 2.81. The zero-order valence-corrected chi connectivity index (χ0v) is 16.0. The molecule has 0 bridgehead atoms. The number of carbonyl (C=O) groups excluding carboxylic acids is 1. The van der Waals surface area contributed by atoms with Crippen LogP contribution >= 0.6 is 12.2 Å². The summed E-state index contributed by atoms with van der Waals surface area (Å²) < 4.78 is 0. The summed E-state index contributed by atoms with van der Waals surface area (Å²) in [5.74, 6) is 0.269. The fourth-order valence-corrected chi connectivity index (χ4v) is 3.16. The molecule has 0 saturated carbocycles. The predicted molar refractivity (Wildman–Crippen MR) is 108 cm³/mol. The fraction of sp³-hybridized carbons (Fsp3) is 0.211. The first-order chi connectivity index (χ1) is 13.4. The largest absolute Gasteiger partial charge is 0.465 e. The van der Waals surface area contributed by atoms with Crippen LogP contribution in [0.4, 0.5) is 10.5 Å². The summed E-state index contributed by atoms with van der Waals surface area (Å²) in [6.07, 6.45) is 0.484. The lowest BCUT2D eigenvalue weighted by Gasteiger charge is -2.29. The number of hydrogen-bond acceptors (Lipinski definition) is 6. The number of ketones is 1. The molecular weight excluding hydrogens is 378 g/mol. The number of carboxylic acid groups (broad SMARTS) is 1. The number of hydrogen-bond donors (Lipinski definition) is 3. The normalized spacial score (nSPS) is 14.0. The van der Waals surface area contributed by atoms with Crippen molar-refractivity contribution in [1.29, 1.82) is 0 Å². The molecule has 2 heterocycles. The van der Waals surface area contributed by atoms with Gasteiger partial charge in [0.25, 0.3) is 0 Å². The van der Waals surface area contributed by atoms with Crippen molar-refractivity contribution in [3.05, 3.63) is 65.4 Å². The van der Waals surface area contributed by atoms with Crippen LogP contribution in [-0.2, 0) is 11.3 Å². The summed E-state index contributed by atoms with van der Waals surface area (Å²) in [6.45, 7) is 1.90. The van der Waals surface area contributed by atoms with Gasteiger partial charge < -0.3 is 15.7 Å². The molecule has 0 spiro atoms. The molecule has 3 N–H and O–H groups in total. The summed E-state index contributed by atoms with van der Waals surface area (Å²) >= 11 is 5.44. The van der Waals surface area contributed by atoms with E-state index in [0.717, 1.165) is 16.3 Å². The molecule has 1 aromatic heterocycles. The smallest absolute Gasteiger partial charge is 0.408 e. The Labute approximate surface area is 167 Å². The van der Waals surface area contributed by atoms with Crippen LogP contribution in [0.2, 0.25) is 0 Å². The van der Waals surface area contributed by atoms with Gasteiger partial charge in [-0.25, -0.2) is 14.8 Å². The van der Waals surface area contributed by atoms with Gasteiger partial charge in [-0.3, -0.25) is 9.69 Å². The number of anilines is 1. The zero-order chi connectivity index (χ0) is 20.1. The third kappa shape index (κ3) is 4.68. The lowest BCUT2D eigenvalue weighted by Crippen LogP contribution is -2.46. The van der Waals surface area contributed by atoms with Gasteiger partial charge in [0.05, 0.1) is 30.9 Å². The van der Waals surface area contributed by atoms with Gasteiger partial charge in [-0.2, -0.15) is 0 Å². The van der Waals surface area contributed by atoms with E-state index in [1.54, 1.807) is 19.2 Å². The number of carbonyl (C=O) groups is 2. The molecule has 9 heteroatoms. The van der Waals surface area contributed by atoms with Crippen LogP contribution in [0.3, 0.4) is 0 Å². The van der Waals surface area contributed by atoms with Crippen molar-refractivity contribution in [3.8, 4) is 0 Å². The number of thiocarbonyl (C=S) groups is 1. The molecule has 0 unspecified atom stereocenters. The monoisotopic (exact) mass is 397 g/mol. The maximum atomic E-state index is 12.7. The number of aromatic nitrogens is 2. The van der Waals surface area contributed by atoms with E-state index in [1.807, 2.05) is 30.3 Å². The molecule has 1 aliphatic rings. The van der Waals surface area contributed by atoms with E-state index in [-0.39, 0.29) is 23.9 Å². The summed E-state index contributed by atoms with van der Waals surface area (Å²) in [4.78, 5) is 33.7. The lowest BCUT2D eigenvalue weighted by atomic mass is 10.0. The molecule has 0 fully saturated rings. The molecule has 0 saturated heterocycles. The Morgan fingerprint density at radius 1 is 1.25 bits per heavy atom. The van der Waals surface area contributed by atoms with Gasteiger partial charge in [0.2, 0.25) is 0 Å². The minimum absolute atomic E-state index is 0.0388. The summed E-state index contributed by atoms with van der Waals surface area (Å²) in [7, 11) is 0. The Kier molecular flexibility index (Phi) is 5.95. The van der Waals surface area contributed by atoms with E-state index in [2.05, 4.69) is 20.6 Å². The summed E-state index contributed by atoms with van der Waals surface area (Å²) in [5.41, 5.74) is 2.21. The average molecular weight is 397 g/mol. The lowest BCUT2D eigenvalue weighted by molar-refractivity contribution is -0.116. The van der Waals surface area contributed by atoms with Crippen molar-refractivity contribution in [3.63, 3.8) is 0 Å². The Morgan fingerprint density at radius 2 is 2.00 bits per heavy atom. The first kappa shape index (κ1) is 19.4. The van der Waals surface area contributed by atoms with Crippen LogP contribution in [0.25, 0.3) is 0 Å². The van der Waals surface area contributed by atoms with E-state index in [0.29, 0.717) is 23.6 Å². The third-order valence-electron chi connectivity index (χ3n) is 4.11. The van der Waals surface area contributed by atoms with Crippen molar-refractivity contribution in [2.75, 3.05) is 18.4 Å². The second-order valence-corrected chi connectivity index (χ2v) is 6.59. The van der Waals surface area contributed by atoms with Gasteiger partial charge in [0.15, 0.2) is 5.78 Å². The van der Waals surface area contributed by atoms with Crippen LogP contribution in [0.5, 0.6) is 0 Å². The summed E-state index contributed by atoms with van der Waals surface area (Å²) in [6, 6.07) is 11.0. The quantitative estimate of drug-likeness (QED) is 0.659. The van der Waals surface area contributed by atoms with Crippen molar-refractivity contribution in [2.24, 2.45) is 0 Å². The number of nitrogens with zero attached hydrogens (tertiary/aromatic N) is 3. The van der Waals surface area contributed by atoms with E-state index in [1.165, 1.54) is 0 Å². The maximum Gasteiger partial charge on any atom is 0.408 e. The zero-order valence-electron chi connectivity index (χ0n) is 15.2. The molecule has 0 radical (unpaired) electrons. The van der Waals surface area contributed by atoms with Crippen LogP contribution in [-0.4, -0.2) is 49.9 Å². The van der Waals surface area contributed by atoms with Crippen molar-refractivity contribution >= 4 is 34.8 Å². The Hall–Kier alpha value is -3.33. The predicted octanol–water partition coefficient (Wildman–Crippen LogP) is 2.13. The van der Waals surface area contributed by atoms with Crippen molar-refractivity contribution in [1.82, 2.24) is 20.2 Å². The number of aryl methyl sites for hydroxylation is 1. The Bertz CT molecular complexity index is 946. The highest BCUT2D eigenvalue weighted by molar-refractivity contribution is 7.81. The maximum absolute atomic E-state index is 12.7. The van der Waals surface area contributed by atoms with E-state index in [4.69, 9.17) is 12.2 Å². The standard InChI is InChI=1S/C19H19N5O3S/c1-12-20-8-7-14(22-12)9-21-15-10-24(19(26)27)11-16(25)17(15)18(28)23-13-5-3-2-4-6-13/h2-8,21H,9-11H2,1H3,(H,23,28)(H,26,27). The molecule has 2 aromatic rings. The van der Waals surface area contributed by atoms with E-state index < -0.39 is 6.09 Å². The second-order valence-electron chi connectivity index (χ2n) is 6.18. The van der Waals surface area contributed by atoms with Gasteiger partial charge in [0.1, 0.15) is 10.8 Å². The van der Waals surface area contributed by atoms with Gasteiger partial charge in [0, 0.05) is 17.6 Å². The van der Waals surface area contributed by atoms with Gasteiger partial charge >= 0.3 is 6.09 Å². The number of rotatable bonds is 5. The molecule has 28 heavy (non-hydrogen) atoms. The molecule has 8 nitrogen and oxygen atoms in total.